The van der Waals surface area contributed by atoms with Crippen molar-refractivity contribution in [2.24, 2.45) is 0 Å². The van der Waals surface area contributed by atoms with Crippen molar-refractivity contribution in [2.75, 3.05) is 13.9 Å². The minimum absolute atomic E-state index is 0.0230. The first-order valence-electron chi connectivity index (χ1n) is 8.09. The molecule has 2 aromatic rings. The number of hydrogen-bond acceptors (Lipinski definition) is 3. The summed E-state index contributed by atoms with van der Waals surface area (Å²) < 4.78 is 11.1. The van der Waals surface area contributed by atoms with Crippen LogP contribution in [-0.2, 0) is 16.8 Å². The van der Waals surface area contributed by atoms with Crippen LogP contribution >= 0.6 is 8.58 Å². The van der Waals surface area contributed by atoms with Crippen molar-refractivity contribution < 1.29 is 14.6 Å². The molecule has 4 heteroatoms. The van der Waals surface area contributed by atoms with Crippen molar-refractivity contribution >= 4 is 19.2 Å². The lowest BCUT2D eigenvalue weighted by atomic mass is 9.85. The number of rotatable bonds is 6. The van der Waals surface area contributed by atoms with Crippen LogP contribution in [0.4, 0.5) is 0 Å². The first-order valence-corrected chi connectivity index (χ1v) is 9.09. The minimum atomic E-state index is -0.0230. The van der Waals surface area contributed by atoms with Crippen molar-refractivity contribution in [3.63, 3.8) is 0 Å². The van der Waals surface area contributed by atoms with Crippen LogP contribution in [-0.4, -0.2) is 19.0 Å². The zero-order valence-electron chi connectivity index (χ0n) is 15.1. The summed E-state index contributed by atoms with van der Waals surface area (Å²) in [6.45, 7) is 8.96. The molecule has 2 aromatic carbocycles. The number of benzene rings is 2. The fourth-order valence-corrected chi connectivity index (χ4v) is 4.03. The van der Waals surface area contributed by atoms with Crippen molar-refractivity contribution in [3.8, 4) is 5.75 Å². The van der Waals surface area contributed by atoms with Gasteiger partial charge in [0.25, 0.3) is 0 Å². The highest BCUT2D eigenvalue weighted by Gasteiger charge is 2.23. The predicted octanol–water partition coefficient (Wildman–Crippen LogP) is 3.40. The monoisotopic (exact) mass is 346 g/mol. The third kappa shape index (κ3) is 4.57. The number of ether oxygens (including phenoxy) is 2. The molecule has 0 aliphatic rings. The molecule has 0 bridgehead atoms. The van der Waals surface area contributed by atoms with Crippen molar-refractivity contribution in [2.45, 2.75) is 39.7 Å². The first kappa shape index (κ1) is 18.9. The third-order valence-electron chi connectivity index (χ3n) is 3.82. The number of methoxy groups -OCH3 is 1. The van der Waals surface area contributed by atoms with Gasteiger partial charge < -0.3 is 14.6 Å². The molecule has 0 aliphatic carbocycles. The maximum atomic E-state index is 9.60. The smallest absolute Gasteiger partial charge is 0.188 e. The van der Waals surface area contributed by atoms with Gasteiger partial charge in [-0.15, -0.1) is 0 Å². The highest BCUT2D eigenvalue weighted by atomic mass is 31.1. The topological polar surface area (TPSA) is 38.7 Å². The molecular weight excluding hydrogens is 319 g/mol. The van der Waals surface area contributed by atoms with E-state index < -0.39 is 0 Å². The summed E-state index contributed by atoms with van der Waals surface area (Å²) in [5, 5.41) is 11.9. The lowest BCUT2D eigenvalue weighted by molar-refractivity contribution is 0.0506. The van der Waals surface area contributed by atoms with Crippen molar-refractivity contribution in [1.29, 1.82) is 0 Å². The summed E-state index contributed by atoms with van der Waals surface area (Å²) in [6, 6.07) is 12.4. The molecule has 0 saturated carbocycles. The fourth-order valence-electron chi connectivity index (χ4n) is 2.62. The van der Waals surface area contributed by atoms with Gasteiger partial charge in [0.15, 0.2) is 6.79 Å². The van der Waals surface area contributed by atoms with Crippen LogP contribution in [0.15, 0.2) is 36.4 Å². The van der Waals surface area contributed by atoms with Crippen LogP contribution in [0, 0.1) is 6.92 Å². The van der Waals surface area contributed by atoms with Crippen LogP contribution in [0.3, 0.4) is 0 Å². The van der Waals surface area contributed by atoms with E-state index in [1.54, 1.807) is 7.11 Å². The second-order valence-electron chi connectivity index (χ2n) is 6.93. The number of aliphatic hydroxyl groups excluding tert-OH is 1. The Balaban J connectivity index is 2.53. The maximum absolute atomic E-state index is 9.60. The molecule has 1 atom stereocenters. The Labute approximate surface area is 146 Å². The van der Waals surface area contributed by atoms with Gasteiger partial charge >= 0.3 is 0 Å². The predicted molar refractivity (Wildman–Crippen MR) is 102 cm³/mol. The van der Waals surface area contributed by atoms with Gasteiger partial charge in [0.05, 0.1) is 6.61 Å². The molecule has 0 fully saturated rings. The number of aryl methyl sites for hydroxylation is 1. The third-order valence-corrected chi connectivity index (χ3v) is 5.22. The Morgan fingerprint density at radius 1 is 1.08 bits per heavy atom. The van der Waals surface area contributed by atoms with E-state index >= 15 is 0 Å². The van der Waals surface area contributed by atoms with Gasteiger partial charge in [-0.2, -0.15) is 0 Å². The molecule has 1 unspecified atom stereocenters. The highest BCUT2D eigenvalue weighted by Crippen LogP contribution is 2.34. The van der Waals surface area contributed by atoms with E-state index in [4.69, 9.17) is 9.47 Å². The van der Waals surface area contributed by atoms with Crippen molar-refractivity contribution in [1.82, 2.24) is 0 Å². The molecule has 0 saturated heterocycles. The van der Waals surface area contributed by atoms with Gasteiger partial charge in [-0.1, -0.05) is 59.7 Å². The molecule has 0 radical (unpaired) electrons. The standard InChI is InChI=1S/C20H27O3P/c1-14-10-16(20(2,3)4)19(23-13-22-5)18(11-14)24-17-9-7-6-8-15(17)12-21/h6-11,21,24H,12-13H2,1-5H3. The normalized spacial score (nSPS) is 12.1. The summed E-state index contributed by atoms with van der Waals surface area (Å²) in [4.78, 5) is 0. The molecule has 0 aromatic heterocycles. The van der Waals surface area contributed by atoms with Crippen LogP contribution in [0.2, 0.25) is 0 Å². The fraction of sp³-hybridized carbons (Fsp3) is 0.400. The van der Waals surface area contributed by atoms with E-state index in [0.29, 0.717) is 8.58 Å². The summed E-state index contributed by atoms with van der Waals surface area (Å²) >= 11 is 0. The molecule has 130 valence electrons. The summed E-state index contributed by atoms with van der Waals surface area (Å²) in [5.74, 6) is 0.904. The number of hydrogen-bond donors (Lipinski definition) is 1. The zero-order chi connectivity index (χ0) is 17.7. The molecule has 0 amide bonds. The van der Waals surface area contributed by atoms with Gasteiger partial charge in [-0.25, -0.2) is 0 Å². The van der Waals surface area contributed by atoms with E-state index in [1.165, 1.54) is 11.1 Å². The molecule has 0 aliphatic heterocycles. The molecule has 24 heavy (non-hydrogen) atoms. The lowest BCUT2D eigenvalue weighted by Gasteiger charge is -2.26. The van der Waals surface area contributed by atoms with Gasteiger partial charge in [-0.05, 0) is 34.8 Å². The lowest BCUT2D eigenvalue weighted by Crippen LogP contribution is -2.20. The minimum Gasteiger partial charge on any atom is -0.467 e. The second kappa shape index (κ2) is 8.11. The molecule has 2 rings (SSSR count). The molecule has 3 nitrogen and oxygen atoms in total. The quantitative estimate of drug-likeness (QED) is 0.644. The van der Waals surface area contributed by atoms with E-state index in [2.05, 4.69) is 45.9 Å². The van der Waals surface area contributed by atoms with Gasteiger partial charge in [0.1, 0.15) is 5.75 Å². The van der Waals surface area contributed by atoms with Crippen LogP contribution < -0.4 is 15.3 Å². The van der Waals surface area contributed by atoms with Crippen LogP contribution in [0.1, 0.15) is 37.5 Å². The number of aliphatic hydroxyl groups is 1. The molecular formula is C20H27O3P. The van der Waals surface area contributed by atoms with E-state index in [-0.39, 0.29) is 18.8 Å². The summed E-state index contributed by atoms with van der Waals surface area (Å²) in [5.41, 5.74) is 3.34. The van der Waals surface area contributed by atoms with Crippen molar-refractivity contribution in [3.05, 3.63) is 53.1 Å². The first-order chi connectivity index (χ1) is 11.4. The van der Waals surface area contributed by atoms with E-state index in [1.807, 2.05) is 18.2 Å². The van der Waals surface area contributed by atoms with Gasteiger partial charge in [-0.3, -0.25) is 0 Å². The molecule has 0 heterocycles. The maximum Gasteiger partial charge on any atom is 0.188 e. The Kier molecular flexibility index (Phi) is 6.40. The van der Waals surface area contributed by atoms with E-state index in [9.17, 15) is 5.11 Å². The molecule has 0 spiro atoms. The summed E-state index contributed by atoms with van der Waals surface area (Å²) in [7, 11) is 2.06. The largest absolute Gasteiger partial charge is 0.467 e. The average molecular weight is 346 g/mol. The van der Waals surface area contributed by atoms with Gasteiger partial charge in [0.2, 0.25) is 0 Å². The summed E-state index contributed by atoms with van der Waals surface area (Å²) in [6.07, 6.45) is 0. The zero-order valence-corrected chi connectivity index (χ0v) is 16.1. The Morgan fingerprint density at radius 2 is 1.79 bits per heavy atom. The van der Waals surface area contributed by atoms with Crippen LogP contribution in [0.25, 0.3) is 0 Å². The SMILES string of the molecule is COCOc1c(Pc2ccccc2CO)cc(C)cc1C(C)(C)C. The van der Waals surface area contributed by atoms with E-state index in [0.717, 1.165) is 21.9 Å². The Hall–Kier alpha value is -1.41. The highest BCUT2D eigenvalue weighted by molar-refractivity contribution is 7.55. The van der Waals surface area contributed by atoms with Gasteiger partial charge in [0, 0.05) is 18.0 Å². The second-order valence-corrected chi connectivity index (χ2v) is 8.26. The Bertz CT molecular complexity index is 690. The Morgan fingerprint density at radius 3 is 2.42 bits per heavy atom. The van der Waals surface area contributed by atoms with Crippen LogP contribution in [0.5, 0.6) is 5.75 Å². The molecule has 1 N–H and O–H groups in total. The average Bonchev–Trinajstić information content (AvgIpc) is 2.53.